The van der Waals surface area contributed by atoms with Crippen molar-refractivity contribution in [2.24, 2.45) is 0 Å². The molecular weight excluding hydrogens is 246 g/mol. The average molecular weight is 271 g/mol. The van der Waals surface area contributed by atoms with Crippen LogP contribution in [-0.2, 0) is 9.53 Å². The number of carbonyl (C=O) groups excluding carboxylic acids is 2. The van der Waals surface area contributed by atoms with Crippen LogP contribution < -0.4 is 10.6 Å². The summed E-state index contributed by atoms with van der Waals surface area (Å²) in [5.74, 6) is -0.00964. The second-order valence-electron chi connectivity index (χ2n) is 5.31. The van der Waals surface area contributed by atoms with Gasteiger partial charge >= 0.3 is 6.09 Å². The summed E-state index contributed by atoms with van der Waals surface area (Å²) in [6, 6.07) is 0.130. The lowest BCUT2D eigenvalue weighted by molar-refractivity contribution is -0.127. The van der Waals surface area contributed by atoms with Crippen LogP contribution in [0.25, 0.3) is 0 Å². The van der Waals surface area contributed by atoms with Gasteiger partial charge in [-0.1, -0.05) is 0 Å². The van der Waals surface area contributed by atoms with Gasteiger partial charge in [0, 0.05) is 19.1 Å². The Morgan fingerprint density at radius 1 is 1.32 bits per heavy atom. The largest absolute Gasteiger partial charge is 0.450 e. The van der Waals surface area contributed by atoms with Crippen molar-refractivity contribution in [3.8, 4) is 0 Å². The molecule has 0 aromatic heterocycles. The van der Waals surface area contributed by atoms with Crippen LogP contribution >= 0.6 is 0 Å². The molecule has 1 heterocycles. The maximum atomic E-state index is 12.0. The van der Waals surface area contributed by atoms with Crippen molar-refractivity contribution in [1.29, 1.82) is 0 Å². The third-order valence-electron chi connectivity index (χ3n) is 3.55. The van der Waals surface area contributed by atoms with Gasteiger partial charge in [0.2, 0.25) is 5.91 Å². The fourth-order valence-corrected chi connectivity index (χ4v) is 1.90. The van der Waals surface area contributed by atoms with Crippen LogP contribution in [0.3, 0.4) is 0 Å². The van der Waals surface area contributed by atoms with E-state index in [9.17, 15) is 9.59 Å². The average Bonchev–Trinajstić information content (AvgIpc) is 2.39. The zero-order valence-corrected chi connectivity index (χ0v) is 12.3. The monoisotopic (exact) mass is 271 g/mol. The first-order valence-electron chi connectivity index (χ1n) is 6.82. The van der Waals surface area contributed by atoms with E-state index in [4.69, 9.17) is 4.74 Å². The van der Waals surface area contributed by atoms with Crippen LogP contribution in [0.2, 0.25) is 0 Å². The van der Waals surface area contributed by atoms with E-state index >= 15 is 0 Å². The van der Waals surface area contributed by atoms with Gasteiger partial charge in [0.25, 0.3) is 0 Å². The second kappa shape index (κ2) is 6.75. The molecule has 1 saturated heterocycles. The zero-order valence-electron chi connectivity index (χ0n) is 12.3. The van der Waals surface area contributed by atoms with Crippen molar-refractivity contribution in [1.82, 2.24) is 15.5 Å². The van der Waals surface area contributed by atoms with E-state index in [-0.39, 0.29) is 18.0 Å². The number of rotatable bonds is 4. The predicted octanol–water partition coefficient (Wildman–Crippen LogP) is 0.722. The van der Waals surface area contributed by atoms with E-state index < -0.39 is 5.54 Å². The van der Waals surface area contributed by atoms with Crippen molar-refractivity contribution in [2.75, 3.05) is 26.7 Å². The van der Waals surface area contributed by atoms with Crippen molar-refractivity contribution in [3.05, 3.63) is 0 Å². The summed E-state index contributed by atoms with van der Waals surface area (Å²) in [5, 5.41) is 6.00. The first kappa shape index (κ1) is 15.8. The lowest BCUT2D eigenvalue weighted by Crippen LogP contribution is -2.55. The minimum absolute atomic E-state index is 0.00964. The van der Waals surface area contributed by atoms with Crippen LogP contribution in [0.4, 0.5) is 4.79 Å². The molecule has 1 rings (SSSR count). The summed E-state index contributed by atoms with van der Waals surface area (Å²) in [4.78, 5) is 25.2. The summed E-state index contributed by atoms with van der Waals surface area (Å²) < 4.78 is 4.96. The fraction of sp³-hybridized carbons (Fsp3) is 0.846. The number of ether oxygens (including phenoxy) is 1. The van der Waals surface area contributed by atoms with Gasteiger partial charge in [-0.15, -0.1) is 0 Å². The Hall–Kier alpha value is -1.30. The molecule has 0 aromatic carbocycles. The van der Waals surface area contributed by atoms with E-state index in [2.05, 4.69) is 10.6 Å². The maximum absolute atomic E-state index is 12.0. The molecule has 19 heavy (non-hydrogen) atoms. The third-order valence-corrected chi connectivity index (χ3v) is 3.55. The zero-order chi connectivity index (χ0) is 14.5. The van der Waals surface area contributed by atoms with Crippen LogP contribution in [0.15, 0.2) is 0 Å². The number of carbonyl (C=O) groups is 2. The number of hydrogen-bond acceptors (Lipinski definition) is 4. The summed E-state index contributed by atoms with van der Waals surface area (Å²) in [5.41, 5.74) is -0.571. The first-order valence-corrected chi connectivity index (χ1v) is 6.82. The minimum Gasteiger partial charge on any atom is -0.450 e. The summed E-state index contributed by atoms with van der Waals surface area (Å²) >= 11 is 0. The summed E-state index contributed by atoms with van der Waals surface area (Å²) in [6.07, 6.45) is 1.28. The maximum Gasteiger partial charge on any atom is 0.409 e. The van der Waals surface area contributed by atoms with Gasteiger partial charge < -0.3 is 20.3 Å². The molecule has 2 amide bonds. The molecule has 6 heteroatoms. The highest BCUT2D eigenvalue weighted by Crippen LogP contribution is 2.13. The van der Waals surface area contributed by atoms with Crippen LogP contribution in [0.1, 0.15) is 33.6 Å². The Balaban J connectivity index is 2.38. The molecule has 0 atom stereocenters. The number of likely N-dealkylation sites (N-methyl/N-ethyl adjacent to an activating group) is 1. The summed E-state index contributed by atoms with van der Waals surface area (Å²) in [7, 11) is 1.77. The minimum atomic E-state index is -0.571. The Labute approximate surface area is 114 Å². The highest BCUT2D eigenvalue weighted by molar-refractivity contribution is 5.85. The predicted molar refractivity (Wildman–Crippen MR) is 72.9 cm³/mol. The van der Waals surface area contributed by atoms with E-state index in [0.29, 0.717) is 19.7 Å². The van der Waals surface area contributed by atoms with Crippen LogP contribution in [0, 0.1) is 0 Å². The van der Waals surface area contributed by atoms with Crippen molar-refractivity contribution < 1.29 is 14.3 Å². The van der Waals surface area contributed by atoms with Gasteiger partial charge in [-0.3, -0.25) is 4.79 Å². The normalized spacial score (nSPS) is 17.2. The molecule has 0 bridgehead atoms. The third kappa shape index (κ3) is 4.38. The van der Waals surface area contributed by atoms with E-state index in [1.54, 1.807) is 18.9 Å². The molecule has 2 N–H and O–H groups in total. The molecule has 1 fully saturated rings. The van der Waals surface area contributed by atoms with Gasteiger partial charge in [0.05, 0.1) is 12.1 Å². The fourth-order valence-electron chi connectivity index (χ4n) is 1.90. The molecule has 0 aromatic rings. The van der Waals surface area contributed by atoms with E-state index in [1.165, 1.54) is 0 Å². The molecule has 0 saturated carbocycles. The van der Waals surface area contributed by atoms with Gasteiger partial charge in [0.15, 0.2) is 0 Å². The number of likely N-dealkylation sites (tertiary alicyclic amines) is 1. The molecule has 0 spiro atoms. The quantitative estimate of drug-likeness (QED) is 0.790. The number of nitrogens with zero attached hydrogens (tertiary/aromatic N) is 1. The number of hydrogen-bond donors (Lipinski definition) is 2. The Kier molecular flexibility index (Phi) is 5.60. The van der Waals surface area contributed by atoms with Gasteiger partial charge in [-0.25, -0.2) is 4.79 Å². The number of nitrogens with one attached hydrogen (secondary N) is 2. The van der Waals surface area contributed by atoms with E-state index in [0.717, 1.165) is 12.8 Å². The molecule has 110 valence electrons. The molecule has 0 aliphatic carbocycles. The highest BCUT2D eigenvalue weighted by atomic mass is 16.6. The van der Waals surface area contributed by atoms with Gasteiger partial charge in [-0.2, -0.15) is 0 Å². The molecular formula is C13H25N3O3. The number of piperidine rings is 1. The molecule has 0 radical (unpaired) electrons. The second-order valence-corrected chi connectivity index (χ2v) is 5.31. The van der Waals surface area contributed by atoms with Crippen molar-refractivity contribution in [2.45, 2.75) is 45.2 Å². The Bertz CT molecular complexity index is 323. The highest BCUT2D eigenvalue weighted by Gasteiger charge is 2.30. The van der Waals surface area contributed by atoms with Gasteiger partial charge in [-0.05, 0) is 40.7 Å². The van der Waals surface area contributed by atoms with E-state index in [1.807, 2.05) is 13.8 Å². The lowest BCUT2D eigenvalue weighted by Gasteiger charge is -2.33. The van der Waals surface area contributed by atoms with Gasteiger partial charge in [0.1, 0.15) is 0 Å². The van der Waals surface area contributed by atoms with Crippen molar-refractivity contribution in [3.63, 3.8) is 0 Å². The van der Waals surface area contributed by atoms with Crippen molar-refractivity contribution >= 4 is 12.0 Å². The smallest absolute Gasteiger partial charge is 0.409 e. The van der Waals surface area contributed by atoms with Crippen LogP contribution in [-0.4, -0.2) is 55.2 Å². The molecule has 0 unspecified atom stereocenters. The molecule has 1 aliphatic rings. The first-order chi connectivity index (χ1) is 8.90. The number of amides is 2. The SMILES string of the molecule is CCOC(=O)N1CCC(NC(=O)C(C)(C)NC)CC1. The topological polar surface area (TPSA) is 70.7 Å². The Morgan fingerprint density at radius 3 is 2.37 bits per heavy atom. The Morgan fingerprint density at radius 2 is 1.89 bits per heavy atom. The molecule has 1 aliphatic heterocycles. The summed E-state index contributed by atoms with van der Waals surface area (Å²) in [6.45, 7) is 7.14. The molecule has 6 nitrogen and oxygen atoms in total. The standard InChI is InChI=1S/C13H25N3O3/c1-5-19-12(18)16-8-6-10(7-9-16)15-11(17)13(2,3)14-4/h10,14H,5-9H2,1-4H3,(H,15,17). The van der Waals surface area contributed by atoms with Crippen LogP contribution in [0.5, 0.6) is 0 Å². The lowest BCUT2D eigenvalue weighted by atomic mass is 10.0.